The maximum atomic E-state index is 12.3. The molecule has 0 radical (unpaired) electrons. The minimum Gasteiger partial charge on any atom is -0.462 e. The lowest BCUT2D eigenvalue weighted by molar-refractivity contribution is 0.0439. The minimum absolute atomic E-state index is 0.0451. The molecule has 0 spiro atoms. The minimum atomic E-state index is -0.630. The van der Waals surface area contributed by atoms with E-state index in [0.29, 0.717) is 28.6 Å². The van der Waals surface area contributed by atoms with Gasteiger partial charge < -0.3 is 9.47 Å². The molecule has 0 N–H and O–H groups in total. The zero-order chi connectivity index (χ0) is 17.5. The molecule has 4 nitrogen and oxygen atoms in total. The van der Waals surface area contributed by atoms with Gasteiger partial charge in [0.15, 0.2) is 0 Å². The summed E-state index contributed by atoms with van der Waals surface area (Å²) in [5, 5.41) is 0.942. The molecule has 0 unspecified atom stereocenters. The van der Waals surface area contributed by atoms with Crippen LogP contribution in [0.5, 0.6) is 0 Å². The predicted octanol–water partition coefficient (Wildman–Crippen LogP) is 4.92. The fourth-order valence-corrected chi connectivity index (χ4v) is 2.35. The summed E-state index contributed by atoms with van der Waals surface area (Å²) in [6.07, 6.45) is 0.700. The van der Waals surface area contributed by atoms with Crippen LogP contribution in [0.1, 0.15) is 39.6 Å². The first-order valence-corrected chi connectivity index (χ1v) is 8.15. The Kier molecular flexibility index (Phi) is 6.64. The molecule has 0 atom stereocenters. The number of ether oxygens (including phenoxy) is 2. The molecule has 6 heteroatoms. The zero-order valence-corrected chi connectivity index (χ0v) is 14.6. The first-order chi connectivity index (χ1) is 11.5. The van der Waals surface area contributed by atoms with Gasteiger partial charge in [-0.3, -0.25) is 0 Å². The van der Waals surface area contributed by atoms with Crippen molar-refractivity contribution in [1.29, 1.82) is 0 Å². The van der Waals surface area contributed by atoms with Gasteiger partial charge in [-0.15, -0.1) is 0 Å². The first kappa shape index (κ1) is 18.3. The average molecular weight is 367 g/mol. The predicted molar refractivity (Wildman–Crippen MR) is 92.6 cm³/mol. The van der Waals surface area contributed by atoms with Crippen molar-refractivity contribution in [2.24, 2.45) is 0 Å². The van der Waals surface area contributed by atoms with Gasteiger partial charge >= 0.3 is 11.9 Å². The van der Waals surface area contributed by atoms with Gasteiger partial charge in [0.1, 0.15) is 6.61 Å². The number of hydrogen-bond acceptors (Lipinski definition) is 4. The lowest BCUT2D eigenvalue weighted by Gasteiger charge is -2.10. The van der Waals surface area contributed by atoms with Crippen LogP contribution < -0.4 is 0 Å². The van der Waals surface area contributed by atoms with Crippen LogP contribution in [-0.4, -0.2) is 18.5 Å². The van der Waals surface area contributed by atoms with Gasteiger partial charge in [0.05, 0.1) is 17.7 Å². The van der Waals surface area contributed by atoms with E-state index in [2.05, 4.69) is 0 Å². The Morgan fingerprint density at radius 3 is 2.21 bits per heavy atom. The molecule has 0 aliphatic carbocycles. The van der Waals surface area contributed by atoms with E-state index < -0.39 is 11.9 Å². The van der Waals surface area contributed by atoms with Crippen LogP contribution in [0.15, 0.2) is 42.5 Å². The normalized spacial score (nSPS) is 10.3. The number of carbonyl (C=O) groups excluding carboxylic acids is 2. The van der Waals surface area contributed by atoms with Crippen molar-refractivity contribution in [2.75, 3.05) is 6.61 Å². The van der Waals surface area contributed by atoms with Gasteiger partial charge in [-0.2, -0.15) is 0 Å². The van der Waals surface area contributed by atoms with Gasteiger partial charge in [0.2, 0.25) is 0 Å². The van der Waals surface area contributed by atoms with Gasteiger partial charge in [-0.25, -0.2) is 9.59 Å². The molecule has 126 valence electrons. The van der Waals surface area contributed by atoms with Crippen LogP contribution in [-0.2, 0) is 16.1 Å². The van der Waals surface area contributed by atoms with Crippen molar-refractivity contribution in [1.82, 2.24) is 0 Å². The van der Waals surface area contributed by atoms with Crippen LogP contribution in [0, 0.1) is 0 Å². The molecule has 2 aromatic rings. The van der Waals surface area contributed by atoms with E-state index in [1.54, 1.807) is 30.3 Å². The van der Waals surface area contributed by atoms with E-state index in [4.69, 9.17) is 32.7 Å². The van der Waals surface area contributed by atoms with E-state index in [1.807, 2.05) is 6.92 Å². The highest BCUT2D eigenvalue weighted by molar-refractivity contribution is 6.33. The molecular weight excluding hydrogens is 351 g/mol. The van der Waals surface area contributed by atoms with Crippen LogP contribution in [0.2, 0.25) is 10.0 Å². The number of halogens is 2. The number of esters is 2. The second-order valence-corrected chi connectivity index (χ2v) is 5.84. The lowest BCUT2D eigenvalue weighted by Crippen LogP contribution is -2.14. The summed E-state index contributed by atoms with van der Waals surface area (Å²) in [7, 11) is 0. The smallest absolute Gasteiger partial charge is 0.339 e. The number of rotatable bonds is 6. The third-order valence-electron chi connectivity index (χ3n) is 3.17. The number of carbonyl (C=O) groups is 2. The summed E-state index contributed by atoms with van der Waals surface area (Å²) in [6.45, 7) is 2.14. The highest BCUT2D eigenvalue weighted by Crippen LogP contribution is 2.22. The molecule has 0 aliphatic rings. The van der Waals surface area contributed by atoms with Crippen molar-refractivity contribution in [3.8, 4) is 0 Å². The van der Waals surface area contributed by atoms with Crippen molar-refractivity contribution in [2.45, 2.75) is 20.0 Å². The standard InChI is InChI=1S/C18H16Cl2O4/c1-2-9-23-17(21)14-5-3-4-6-15(14)18(22)24-11-12-10-13(19)7-8-16(12)20/h3-8,10H,2,9,11H2,1H3. The van der Waals surface area contributed by atoms with E-state index in [-0.39, 0.29) is 17.7 Å². The maximum Gasteiger partial charge on any atom is 0.339 e. The number of hydrogen-bond donors (Lipinski definition) is 0. The zero-order valence-electron chi connectivity index (χ0n) is 13.1. The first-order valence-electron chi connectivity index (χ1n) is 7.40. The number of benzene rings is 2. The molecule has 2 rings (SSSR count). The van der Waals surface area contributed by atoms with Gasteiger partial charge in [-0.05, 0) is 36.8 Å². The fourth-order valence-electron chi connectivity index (χ4n) is 1.99. The Morgan fingerprint density at radius 2 is 1.58 bits per heavy atom. The quantitative estimate of drug-likeness (QED) is 0.681. The molecule has 0 saturated heterocycles. The third kappa shape index (κ3) is 4.73. The van der Waals surface area contributed by atoms with Crippen molar-refractivity contribution >= 4 is 35.1 Å². The highest BCUT2D eigenvalue weighted by atomic mass is 35.5. The third-order valence-corrected chi connectivity index (χ3v) is 3.77. The Balaban J connectivity index is 2.12. The molecule has 0 bridgehead atoms. The topological polar surface area (TPSA) is 52.6 Å². The van der Waals surface area contributed by atoms with Crippen LogP contribution in [0.25, 0.3) is 0 Å². The lowest BCUT2D eigenvalue weighted by atomic mass is 10.1. The van der Waals surface area contributed by atoms with Crippen molar-refractivity contribution in [3.63, 3.8) is 0 Å². The largest absolute Gasteiger partial charge is 0.462 e. The summed E-state index contributed by atoms with van der Waals surface area (Å²) in [6, 6.07) is 11.3. The Morgan fingerprint density at radius 1 is 0.958 bits per heavy atom. The van der Waals surface area contributed by atoms with E-state index in [0.717, 1.165) is 0 Å². The monoisotopic (exact) mass is 366 g/mol. The summed E-state index contributed by atoms with van der Waals surface area (Å²) in [5.74, 6) is -1.18. The fraction of sp³-hybridized carbons (Fsp3) is 0.222. The summed E-state index contributed by atoms with van der Waals surface area (Å²) in [4.78, 5) is 24.3. The maximum absolute atomic E-state index is 12.3. The SMILES string of the molecule is CCCOC(=O)c1ccccc1C(=O)OCc1cc(Cl)ccc1Cl. The second-order valence-electron chi connectivity index (χ2n) is 4.99. The van der Waals surface area contributed by atoms with Crippen molar-refractivity contribution < 1.29 is 19.1 Å². The molecular formula is C18H16Cl2O4. The molecule has 0 amide bonds. The average Bonchev–Trinajstić information content (AvgIpc) is 2.60. The van der Waals surface area contributed by atoms with Gasteiger partial charge in [0.25, 0.3) is 0 Å². The highest BCUT2D eigenvalue weighted by Gasteiger charge is 2.19. The molecule has 2 aromatic carbocycles. The summed E-state index contributed by atoms with van der Waals surface area (Å²) < 4.78 is 10.3. The van der Waals surface area contributed by atoms with Crippen molar-refractivity contribution in [3.05, 3.63) is 69.2 Å². The van der Waals surface area contributed by atoms with Crippen LogP contribution in [0.4, 0.5) is 0 Å². The second kappa shape index (κ2) is 8.71. The molecule has 0 fully saturated rings. The Bertz CT molecular complexity index is 744. The van der Waals surface area contributed by atoms with Crippen LogP contribution in [0.3, 0.4) is 0 Å². The molecule has 0 aromatic heterocycles. The van der Waals surface area contributed by atoms with Gasteiger partial charge in [-0.1, -0.05) is 42.3 Å². The molecule has 0 saturated carbocycles. The Hall–Kier alpha value is -2.04. The Labute approximate surface area is 150 Å². The van der Waals surface area contributed by atoms with Crippen LogP contribution >= 0.6 is 23.2 Å². The van der Waals surface area contributed by atoms with E-state index in [1.165, 1.54) is 12.1 Å². The molecule has 0 heterocycles. The summed E-state index contributed by atoms with van der Waals surface area (Å²) in [5.41, 5.74) is 0.911. The van der Waals surface area contributed by atoms with E-state index in [9.17, 15) is 9.59 Å². The molecule has 24 heavy (non-hydrogen) atoms. The van der Waals surface area contributed by atoms with E-state index >= 15 is 0 Å². The van der Waals surface area contributed by atoms with Gasteiger partial charge in [0, 0.05) is 15.6 Å². The summed E-state index contributed by atoms with van der Waals surface area (Å²) >= 11 is 11.9. The molecule has 0 aliphatic heterocycles.